The van der Waals surface area contributed by atoms with Crippen molar-refractivity contribution in [1.82, 2.24) is 0 Å². The van der Waals surface area contributed by atoms with Crippen LogP contribution in [0.3, 0.4) is 0 Å². The molecule has 4 rings (SSSR count). The molecule has 2 saturated heterocycles. The Hall–Kier alpha value is 1.38. The number of hydrogen-bond acceptors (Lipinski definition) is 0. The molecule has 0 bridgehead atoms. The van der Waals surface area contributed by atoms with Crippen LogP contribution in [-0.4, -0.2) is 34.0 Å². The van der Waals surface area contributed by atoms with Crippen LogP contribution in [0, 0.1) is 14.9 Å². The average Bonchev–Trinajstić information content (AvgIpc) is 3.32. The Bertz CT molecular complexity index is 327. The largest absolute Gasteiger partial charge is 2.00 e. The minimum atomic E-state index is 0. The first kappa shape index (κ1) is 28.4. The van der Waals surface area contributed by atoms with E-state index in [1.54, 1.807) is 44.9 Å². The molecule has 0 nitrogen and oxygen atoms in total. The fourth-order valence-corrected chi connectivity index (χ4v) is 15.4. The van der Waals surface area contributed by atoms with Crippen molar-refractivity contribution in [2.75, 3.05) is 0 Å². The minimum Gasteiger partial charge on any atom is -0.358 e. The zero-order valence-electron chi connectivity index (χ0n) is 19.2. The van der Waals surface area contributed by atoms with Crippen LogP contribution in [0.5, 0.6) is 0 Å². The summed E-state index contributed by atoms with van der Waals surface area (Å²) in [5.41, 5.74) is 6.68. The quantitative estimate of drug-likeness (QED) is 0.222. The first-order valence-corrected chi connectivity index (χ1v) is 14.2. The summed E-state index contributed by atoms with van der Waals surface area (Å²) in [6, 6.07) is 0. The maximum Gasteiger partial charge on any atom is 2.00 e. The van der Waals surface area contributed by atoms with Crippen molar-refractivity contribution in [3.05, 3.63) is 14.9 Å². The maximum absolute atomic E-state index is 2.58. The molecule has 162 valence electrons. The predicted molar refractivity (Wildman–Crippen MR) is 127 cm³/mol. The molecule has 27 heavy (non-hydrogen) atoms. The Balaban J connectivity index is 0.000000742. The van der Waals surface area contributed by atoms with Crippen LogP contribution in [0.15, 0.2) is 0 Å². The van der Waals surface area contributed by atoms with Gasteiger partial charge in [-0.1, -0.05) is 82.1 Å². The second-order valence-corrected chi connectivity index (χ2v) is 15.9. The molecule has 3 heteroatoms. The normalized spacial score (nSPS) is 39.1. The van der Waals surface area contributed by atoms with E-state index in [1.165, 1.54) is 43.4 Å². The van der Waals surface area contributed by atoms with Crippen LogP contribution in [0.4, 0.5) is 0 Å². The third-order valence-electron chi connectivity index (χ3n) is 7.50. The zero-order valence-corrected chi connectivity index (χ0v) is 22.1. The van der Waals surface area contributed by atoms with Gasteiger partial charge in [0.15, 0.2) is 0 Å². The van der Waals surface area contributed by atoms with Gasteiger partial charge in [-0.05, 0) is 72.5 Å². The van der Waals surface area contributed by atoms with E-state index in [0.29, 0.717) is 15.8 Å². The Morgan fingerprint density at radius 3 is 0.963 bits per heavy atom. The van der Waals surface area contributed by atoms with E-state index in [1.807, 2.05) is 0 Å². The van der Waals surface area contributed by atoms with Gasteiger partial charge in [0.05, 0.1) is 0 Å². The smallest absolute Gasteiger partial charge is 0.358 e. The molecular formula is C24H48FeP2. The van der Waals surface area contributed by atoms with E-state index >= 15 is 0 Å². The van der Waals surface area contributed by atoms with Crippen LogP contribution < -0.4 is 0 Å². The molecule has 0 aromatic heterocycles. The molecule has 2 unspecified atom stereocenters. The molecule has 0 N–H and O–H groups in total. The fraction of sp³-hybridized carbons (Fsp3) is 0.917. The molecule has 4 aliphatic rings. The van der Waals surface area contributed by atoms with E-state index in [-0.39, 0.29) is 31.9 Å². The average molecular weight is 454 g/mol. The summed E-state index contributed by atoms with van der Waals surface area (Å²) in [5.74, 6) is 0. The van der Waals surface area contributed by atoms with Crippen molar-refractivity contribution >= 4 is 15.8 Å². The van der Waals surface area contributed by atoms with Gasteiger partial charge < -0.3 is 14.9 Å². The van der Waals surface area contributed by atoms with Gasteiger partial charge in [0.1, 0.15) is 0 Å². The summed E-state index contributed by atoms with van der Waals surface area (Å²) in [5, 5.41) is 0. The topological polar surface area (TPSA) is 0 Å². The summed E-state index contributed by atoms with van der Waals surface area (Å²) in [6.07, 6.45) is 18.4. The monoisotopic (exact) mass is 454 g/mol. The minimum absolute atomic E-state index is 0. The Morgan fingerprint density at radius 1 is 0.444 bits per heavy atom. The van der Waals surface area contributed by atoms with Crippen LogP contribution >= 0.6 is 15.8 Å². The van der Waals surface area contributed by atoms with Crippen LogP contribution in [0.2, 0.25) is 0 Å². The van der Waals surface area contributed by atoms with Crippen molar-refractivity contribution in [1.29, 1.82) is 0 Å². The SMILES string of the molecule is C1CCCC1.C[C@H]1CC[C@H](C)P1C1CCCC1P1[C@@H](C)CC[C@@H]1C.[CH3-].[CH3-].[Fe+2]. The fourth-order valence-electron chi connectivity index (χ4n) is 6.24. The maximum atomic E-state index is 2.58. The third-order valence-corrected chi connectivity index (χ3v) is 15.6. The van der Waals surface area contributed by atoms with Gasteiger partial charge in [0.25, 0.3) is 0 Å². The molecule has 0 amide bonds. The molecule has 0 aromatic carbocycles. The zero-order chi connectivity index (χ0) is 17.1. The van der Waals surface area contributed by atoms with Gasteiger partial charge in [0.2, 0.25) is 0 Å². The van der Waals surface area contributed by atoms with E-state index in [9.17, 15) is 0 Å². The predicted octanol–water partition coefficient (Wildman–Crippen LogP) is 8.86. The first-order valence-electron chi connectivity index (χ1n) is 11.1. The van der Waals surface area contributed by atoms with E-state index < -0.39 is 0 Å². The molecule has 0 spiro atoms. The molecule has 0 aromatic rings. The summed E-state index contributed by atoms with van der Waals surface area (Å²) in [4.78, 5) is 0. The summed E-state index contributed by atoms with van der Waals surface area (Å²) < 4.78 is 0. The van der Waals surface area contributed by atoms with Crippen LogP contribution in [-0.2, 0) is 17.1 Å². The van der Waals surface area contributed by atoms with Crippen LogP contribution in [0.1, 0.15) is 105 Å². The molecule has 2 heterocycles. The summed E-state index contributed by atoms with van der Waals surface area (Å²) in [7, 11) is 0.708. The van der Waals surface area contributed by atoms with Crippen LogP contribution in [0.25, 0.3) is 0 Å². The van der Waals surface area contributed by atoms with Gasteiger partial charge >= 0.3 is 17.1 Å². The van der Waals surface area contributed by atoms with Crippen molar-refractivity contribution in [2.45, 2.75) is 139 Å². The Morgan fingerprint density at radius 2 is 0.704 bits per heavy atom. The molecule has 2 aliphatic heterocycles. The molecule has 4 fully saturated rings. The number of rotatable bonds is 2. The van der Waals surface area contributed by atoms with Crippen molar-refractivity contribution in [2.24, 2.45) is 0 Å². The number of hydrogen-bond donors (Lipinski definition) is 0. The Labute approximate surface area is 186 Å². The summed E-state index contributed by atoms with van der Waals surface area (Å²) in [6.45, 7) is 10.3. The van der Waals surface area contributed by atoms with Gasteiger partial charge in [-0.25, -0.2) is 0 Å². The third kappa shape index (κ3) is 6.95. The molecule has 2 saturated carbocycles. The Kier molecular flexibility index (Phi) is 14.3. The van der Waals surface area contributed by atoms with Crippen molar-refractivity contribution in [3.8, 4) is 0 Å². The van der Waals surface area contributed by atoms with Gasteiger partial charge in [-0.2, -0.15) is 0 Å². The van der Waals surface area contributed by atoms with Crippen molar-refractivity contribution < 1.29 is 17.1 Å². The summed E-state index contributed by atoms with van der Waals surface area (Å²) >= 11 is 0. The molecular weight excluding hydrogens is 406 g/mol. The molecule has 0 radical (unpaired) electrons. The van der Waals surface area contributed by atoms with Crippen molar-refractivity contribution in [3.63, 3.8) is 0 Å². The second-order valence-electron chi connectivity index (χ2n) is 9.28. The van der Waals surface area contributed by atoms with Gasteiger partial charge in [0, 0.05) is 0 Å². The second kappa shape index (κ2) is 13.6. The standard InChI is InChI=1S/C17H32P2.C5H10.2CH3.Fe/c1-12-8-9-13(2)18(12)16-6-5-7-17(16)19-14(3)10-11-15(19)4;1-2-4-5-3-1;;;/h12-17H,5-11H2,1-4H3;1-5H2;2*1H3;/q;;2*-1;+2/t12-,13-,14-,15-,16?,17?;;;;/m0..../s1. The van der Waals surface area contributed by atoms with E-state index in [0.717, 1.165) is 22.6 Å². The van der Waals surface area contributed by atoms with Gasteiger partial charge in [-0.15, -0.1) is 0 Å². The van der Waals surface area contributed by atoms with E-state index in [4.69, 9.17) is 0 Å². The molecule has 2 aliphatic carbocycles. The van der Waals surface area contributed by atoms with E-state index in [2.05, 4.69) is 27.7 Å². The molecule has 6 atom stereocenters. The first-order chi connectivity index (χ1) is 11.6. The van der Waals surface area contributed by atoms with Gasteiger partial charge in [-0.3, -0.25) is 0 Å².